The van der Waals surface area contributed by atoms with Crippen LogP contribution in [-0.4, -0.2) is 29.1 Å². The maximum Gasteiger partial charge on any atom is 0.216 e. The van der Waals surface area contributed by atoms with Crippen molar-refractivity contribution >= 4 is 0 Å². The highest BCUT2D eigenvalue weighted by Crippen LogP contribution is 2.37. The number of nitrogens with zero attached hydrogens (tertiary/aromatic N) is 2. The summed E-state index contributed by atoms with van der Waals surface area (Å²) in [6.07, 6.45) is 3.41. The first-order valence-electron chi connectivity index (χ1n) is 7.91. The Hall–Kier alpha value is -1.94. The number of hydrogen-bond donors (Lipinski definition) is 0. The van der Waals surface area contributed by atoms with Crippen LogP contribution in [0.15, 0.2) is 42.5 Å². The lowest BCUT2D eigenvalue weighted by Gasteiger charge is -2.24. The third-order valence-corrected chi connectivity index (χ3v) is 4.70. The van der Waals surface area contributed by atoms with E-state index in [0.717, 1.165) is 25.9 Å². The minimum atomic E-state index is -0.489. The van der Waals surface area contributed by atoms with Crippen molar-refractivity contribution in [1.82, 2.24) is 9.88 Å². The SMILES string of the molecule is Fc1cccc(OC2CCN(C3CCc4ccccc43)C2)n1. The Morgan fingerprint density at radius 3 is 2.91 bits per heavy atom. The van der Waals surface area contributed by atoms with Crippen molar-refractivity contribution in [2.45, 2.75) is 31.4 Å². The summed E-state index contributed by atoms with van der Waals surface area (Å²) in [5.74, 6) is -0.101. The maximum absolute atomic E-state index is 13.1. The maximum atomic E-state index is 13.1. The van der Waals surface area contributed by atoms with Gasteiger partial charge in [0.15, 0.2) is 0 Å². The average molecular weight is 298 g/mol. The number of aromatic nitrogens is 1. The molecule has 0 radical (unpaired) electrons. The van der Waals surface area contributed by atoms with E-state index in [0.29, 0.717) is 11.9 Å². The predicted octanol–water partition coefficient (Wildman–Crippen LogP) is 3.36. The van der Waals surface area contributed by atoms with Gasteiger partial charge < -0.3 is 4.74 Å². The van der Waals surface area contributed by atoms with E-state index in [4.69, 9.17) is 4.74 Å². The fourth-order valence-corrected chi connectivity index (χ4v) is 3.67. The highest BCUT2D eigenvalue weighted by Gasteiger charge is 2.33. The summed E-state index contributed by atoms with van der Waals surface area (Å²) in [5.41, 5.74) is 2.94. The lowest BCUT2D eigenvalue weighted by Crippen LogP contribution is -2.28. The molecule has 0 spiro atoms. The van der Waals surface area contributed by atoms with E-state index in [9.17, 15) is 4.39 Å². The summed E-state index contributed by atoms with van der Waals surface area (Å²) in [5, 5.41) is 0. The lowest BCUT2D eigenvalue weighted by atomic mass is 10.1. The Kier molecular flexibility index (Phi) is 3.54. The smallest absolute Gasteiger partial charge is 0.216 e. The van der Waals surface area contributed by atoms with Crippen LogP contribution in [0.3, 0.4) is 0 Å². The second-order valence-corrected chi connectivity index (χ2v) is 6.08. The van der Waals surface area contributed by atoms with Crippen molar-refractivity contribution in [3.8, 4) is 5.88 Å². The van der Waals surface area contributed by atoms with Gasteiger partial charge in [-0.15, -0.1) is 0 Å². The van der Waals surface area contributed by atoms with Crippen LogP contribution in [0.25, 0.3) is 0 Å². The Morgan fingerprint density at radius 2 is 2.00 bits per heavy atom. The second kappa shape index (κ2) is 5.69. The molecule has 0 amide bonds. The van der Waals surface area contributed by atoms with Crippen LogP contribution in [0.2, 0.25) is 0 Å². The molecular formula is C18H19FN2O. The first kappa shape index (κ1) is 13.7. The van der Waals surface area contributed by atoms with E-state index in [1.54, 1.807) is 12.1 Å². The van der Waals surface area contributed by atoms with Crippen LogP contribution >= 0.6 is 0 Å². The van der Waals surface area contributed by atoms with E-state index in [1.165, 1.54) is 23.6 Å². The molecule has 1 fully saturated rings. The summed E-state index contributed by atoms with van der Waals surface area (Å²) < 4.78 is 19.0. The zero-order chi connectivity index (χ0) is 14.9. The van der Waals surface area contributed by atoms with Crippen molar-refractivity contribution in [2.75, 3.05) is 13.1 Å². The number of benzene rings is 1. The Labute approximate surface area is 129 Å². The van der Waals surface area contributed by atoms with Gasteiger partial charge in [0.05, 0.1) is 0 Å². The highest BCUT2D eigenvalue weighted by molar-refractivity contribution is 5.34. The standard InChI is InChI=1S/C18H19FN2O/c19-17-6-3-7-18(20-17)22-14-10-11-21(12-14)16-9-8-13-4-1-2-5-15(13)16/h1-7,14,16H,8-12H2. The minimum absolute atomic E-state index is 0.0991. The summed E-state index contributed by atoms with van der Waals surface area (Å²) in [4.78, 5) is 6.28. The van der Waals surface area contributed by atoms with Crippen LogP contribution in [0.5, 0.6) is 5.88 Å². The van der Waals surface area contributed by atoms with Crippen LogP contribution in [0.1, 0.15) is 30.0 Å². The van der Waals surface area contributed by atoms with E-state index in [1.807, 2.05) is 0 Å². The monoisotopic (exact) mass is 298 g/mol. The first-order chi connectivity index (χ1) is 10.8. The third-order valence-electron chi connectivity index (χ3n) is 4.70. The molecule has 3 nitrogen and oxygen atoms in total. The van der Waals surface area contributed by atoms with Crippen LogP contribution in [-0.2, 0) is 6.42 Å². The molecule has 22 heavy (non-hydrogen) atoms. The second-order valence-electron chi connectivity index (χ2n) is 6.08. The van der Waals surface area contributed by atoms with Crippen LogP contribution < -0.4 is 4.74 Å². The Balaban J connectivity index is 1.43. The molecule has 0 N–H and O–H groups in total. The summed E-state index contributed by atoms with van der Waals surface area (Å²) >= 11 is 0. The van der Waals surface area contributed by atoms with Gasteiger partial charge in [-0.25, -0.2) is 0 Å². The normalized spacial score (nSPS) is 24.4. The van der Waals surface area contributed by atoms with Crippen molar-refractivity contribution < 1.29 is 9.13 Å². The van der Waals surface area contributed by atoms with E-state index in [2.05, 4.69) is 34.1 Å². The number of halogens is 1. The largest absolute Gasteiger partial charge is 0.473 e. The molecule has 4 rings (SSSR count). The molecular weight excluding hydrogens is 279 g/mol. The lowest BCUT2D eigenvalue weighted by molar-refractivity contribution is 0.171. The molecule has 1 aromatic heterocycles. The molecule has 4 heteroatoms. The number of likely N-dealkylation sites (tertiary alicyclic amines) is 1. The zero-order valence-corrected chi connectivity index (χ0v) is 12.4. The quantitative estimate of drug-likeness (QED) is 0.813. The molecule has 114 valence electrons. The molecule has 0 saturated carbocycles. The molecule has 2 atom stereocenters. The first-order valence-corrected chi connectivity index (χ1v) is 7.91. The Morgan fingerprint density at radius 1 is 1.09 bits per heavy atom. The number of aryl methyl sites for hydroxylation is 1. The number of hydrogen-bond acceptors (Lipinski definition) is 3. The summed E-state index contributed by atoms with van der Waals surface area (Å²) in [7, 11) is 0. The summed E-state index contributed by atoms with van der Waals surface area (Å²) in [6, 6.07) is 13.9. The fourth-order valence-electron chi connectivity index (χ4n) is 3.67. The number of ether oxygens (including phenoxy) is 1. The molecule has 2 aromatic rings. The molecule has 1 aliphatic carbocycles. The van der Waals surface area contributed by atoms with Gasteiger partial charge in [-0.05, 0) is 36.5 Å². The van der Waals surface area contributed by atoms with Crippen molar-refractivity contribution in [2.24, 2.45) is 0 Å². The average Bonchev–Trinajstić information content (AvgIpc) is 3.13. The Bertz CT molecular complexity index is 676. The van der Waals surface area contributed by atoms with E-state index >= 15 is 0 Å². The molecule has 2 aliphatic rings. The topological polar surface area (TPSA) is 25.4 Å². The van der Waals surface area contributed by atoms with Crippen LogP contribution in [0, 0.1) is 5.95 Å². The third kappa shape index (κ3) is 2.59. The van der Waals surface area contributed by atoms with Gasteiger partial charge in [-0.3, -0.25) is 4.90 Å². The molecule has 0 bridgehead atoms. The molecule has 1 saturated heterocycles. The summed E-state index contributed by atoms with van der Waals surface area (Å²) in [6.45, 7) is 1.91. The van der Waals surface area contributed by atoms with Gasteiger partial charge in [0.2, 0.25) is 11.8 Å². The number of pyridine rings is 1. The number of fused-ring (bicyclic) bond motifs is 1. The van der Waals surface area contributed by atoms with Crippen molar-refractivity contribution in [3.05, 3.63) is 59.5 Å². The predicted molar refractivity (Wildman–Crippen MR) is 82.3 cm³/mol. The van der Waals surface area contributed by atoms with Gasteiger partial charge in [0.1, 0.15) is 6.10 Å². The van der Waals surface area contributed by atoms with E-state index in [-0.39, 0.29) is 6.10 Å². The van der Waals surface area contributed by atoms with Gasteiger partial charge in [0, 0.05) is 25.2 Å². The van der Waals surface area contributed by atoms with E-state index < -0.39 is 5.95 Å². The highest BCUT2D eigenvalue weighted by atomic mass is 19.1. The van der Waals surface area contributed by atoms with Crippen molar-refractivity contribution in [3.63, 3.8) is 0 Å². The van der Waals surface area contributed by atoms with Gasteiger partial charge in [-0.1, -0.05) is 30.3 Å². The van der Waals surface area contributed by atoms with Gasteiger partial charge in [0.25, 0.3) is 0 Å². The van der Waals surface area contributed by atoms with Crippen molar-refractivity contribution in [1.29, 1.82) is 0 Å². The van der Waals surface area contributed by atoms with Gasteiger partial charge >= 0.3 is 0 Å². The molecule has 2 heterocycles. The van der Waals surface area contributed by atoms with Crippen LogP contribution in [0.4, 0.5) is 4.39 Å². The number of rotatable bonds is 3. The molecule has 1 aliphatic heterocycles. The van der Waals surface area contributed by atoms with Gasteiger partial charge in [-0.2, -0.15) is 9.37 Å². The molecule has 2 unspecified atom stereocenters. The zero-order valence-electron chi connectivity index (χ0n) is 12.4. The molecule has 1 aromatic carbocycles. The fraction of sp³-hybridized carbons (Fsp3) is 0.389. The minimum Gasteiger partial charge on any atom is -0.473 e.